The van der Waals surface area contributed by atoms with E-state index in [0.717, 1.165) is 5.56 Å². The number of nitrogens with one attached hydrogen (secondary N) is 2. The molecule has 2 rings (SSSR count). The van der Waals surface area contributed by atoms with E-state index in [1.807, 2.05) is 12.1 Å². The highest BCUT2D eigenvalue weighted by molar-refractivity contribution is 5.85. The summed E-state index contributed by atoms with van der Waals surface area (Å²) in [6.07, 6.45) is -0.826. The third-order valence-corrected chi connectivity index (χ3v) is 3.92. The van der Waals surface area contributed by atoms with Crippen molar-refractivity contribution < 1.29 is 23.5 Å². The number of halogens is 1. The summed E-state index contributed by atoms with van der Waals surface area (Å²) >= 11 is 0. The van der Waals surface area contributed by atoms with E-state index in [2.05, 4.69) is 31.6 Å². The van der Waals surface area contributed by atoms with Gasteiger partial charge in [0.25, 0.3) is 11.8 Å². The number of benzene rings is 2. The van der Waals surface area contributed by atoms with E-state index in [1.165, 1.54) is 18.2 Å². The molecule has 2 aromatic carbocycles. The highest BCUT2D eigenvalue weighted by atomic mass is 19.1. The van der Waals surface area contributed by atoms with Crippen LogP contribution in [0.25, 0.3) is 0 Å². The number of hydrazine groups is 1. The van der Waals surface area contributed by atoms with Gasteiger partial charge in [0.05, 0.1) is 0 Å². The maximum absolute atomic E-state index is 13.4. The first-order valence-corrected chi connectivity index (χ1v) is 8.90. The van der Waals surface area contributed by atoms with Gasteiger partial charge in [0.1, 0.15) is 5.75 Å². The van der Waals surface area contributed by atoms with Crippen molar-refractivity contribution in [2.75, 3.05) is 6.61 Å². The summed E-state index contributed by atoms with van der Waals surface area (Å²) in [7, 11) is 0. The molecule has 0 fully saturated rings. The van der Waals surface area contributed by atoms with Crippen molar-refractivity contribution in [3.05, 3.63) is 59.9 Å². The van der Waals surface area contributed by atoms with Crippen LogP contribution in [0.5, 0.6) is 11.5 Å². The Kier molecular flexibility index (Phi) is 6.98. The van der Waals surface area contributed by atoms with Gasteiger partial charge in [-0.1, -0.05) is 45.0 Å². The topological polar surface area (TPSA) is 76.7 Å². The lowest BCUT2D eigenvalue weighted by Crippen LogP contribution is -2.48. The quantitative estimate of drug-likeness (QED) is 0.746. The monoisotopic (exact) mass is 388 g/mol. The molecule has 150 valence electrons. The largest absolute Gasteiger partial charge is 0.481 e. The molecule has 2 N–H and O–H groups in total. The first kappa shape index (κ1) is 21.2. The third kappa shape index (κ3) is 6.26. The average Bonchev–Trinajstić information content (AvgIpc) is 2.65. The Morgan fingerprint density at radius 1 is 1.04 bits per heavy atom. The Labute approximate surface area is 164 Å². The Balaban J connectivity index is 1.77. The summed E-state index contributed by atoms with van der Waals surface area (Å²) in [5.74, 6) is -1.22. The molecule has 0 radical (unpaired) electrons. The first-order chi connectivity index (χ1) is 13.2. The van der Waals surface area contributed by atoms with Gasteiger partial charge in [-0.25, -0.2) is 4.39 Å². The summed E-state index contributed by atoms with van der Waals surface area (Å²) in [6.45, 7) is 7.45. The molecule has 0 aliphatic heterocycles. The lowest BCUT2D eigenvalue weighted by molar-refractivity contribution is -0.133. The number of carbonyl (C=O) groups excluding carboxylic acids is 2. The summed E-state index contributed by atoms with van der Waals surface area (Å²) in [4.78, 5) is 23.8. The lowest BCUT2D eigenvalue weighted by Gasteiger charge is -2.20. The predicted octanol–water partition coefficient (Wildman–Crippen LogP) is 3.12. The van der Waals surface area contributed by atoms with Gasteiger partial charge in [0, 0.05) is 0 Å². The van der Waals surface area contributed by atoms with E-state index in [4.69, 9.17) is 9.47 Å². The van der Waals surface area contributed by atoms with Crippen molar-refractivity contribution in [3.63, 3.8) is 0 Å². The van der Waals surface area contributed by atoms with E-state index in [-0.39, 0.29) is 11.2 Å². The zero-order valence-electron chi connectivity index (χ0n) is 16.4. The fraction of sp³-hybridized carbons (Fsp3) is 0.333. The minimum Gasteiger partial charge on any atom is -0.481 e. The van der Waals surface area contributed by atoms with Crippen molar-refractivity contribution >= 4 is 11.8 Å². The molecule has 28 heavy (non-hydrogen) atoms. The standard InChI is InChI=1S/C21H25FN2O4/c1-14(28-16-11-9-15(10-12-16)21(2,3)4)20(26)24-23-19(25)13-27-18-8-6-5-7-17(18)22/h5-12,14H,13H2,1-4H3,(H,23,25)(H,24,26)/t14-/m0/s1. The van der Waals surface area contributed by atoms with Crippen LogP contribution in [0.1, 0.15) is 33.3 Å². The van der Waals surface area contributed by atoms with E-state index >= 15 is 0 Å². The van der Waals surface area contributed by atoms with Crippen molar-refractivity contribution in [2.24, 2.45) is 0 Å². The maximum atomic E-state index is 13.4. The molecule has 6 nitrogen and oxygen atoms in total. The van der Waals surface area contributed by atoms with Crippen LogP contribution in [-0.4, -0.2) is 24.5 Å². The molecular formula is C21H25FN2O4. The molecule has 1 atom stereocenters. The fourth-order valence-electron chi connectivity index (χ4n) is 2.27. The minimum atomic E-state index is -0.826. The van der Waals surface area contributed by atoms with Gasteiger partial charge in [-0.3, -0.25) is 20.4 Å². The average molecular weight is 388 g/mol. The zero-order chi connectivity index (χ0) is 20.7. The number of hydrogen-bond donors (Lipinski definition) is 2. The van der Waals surface area contributed by atoms with Gasteiger partial charge in [-0.15, -0.1) is 0 Å². The van der Waals surface area contributed by atoms with Gasteiger partial charge < -0.3 is 9.47 Å². The van der Waals surface area contributed by atoms with Gasteiger partial charge >= 0.3 is 0 Å². The molecule has 0 heterocycles. The molecule has 0 aliphatic rings. The van der Waals surface area contributed by atoms with Crippen LogP contribution in [0.2, 0.25) is 0 Å². The van der Waals surface area contributed by atoms with Crippen LogP contribution >= 0.6 is 0 Å². The third-order valence-electron chi connectivity index (χ3n) is 3.92. The second-order valence-electron chi connectivity index (χ2n) is 7.29. The molecule has 0 saturated heterocycles. The second kappa shape index (κ2) is 9.21. The van der Waals surface area contributed by atoms with Crippen molar-refractivity contribution in [1.29, 1.82) is 0 Å². The SMILES string of the molecule is C[C@H](Oc1ccc(C(C)(C)C)cc1)C(=O)NNC(=O)COc1ccccc1F. The predicted molar refractivity (Wildman–Crippen MR) is 103 cm³/mol. The molecule has 0 aliphatic carbocycles. The summed E-state index contributed by atoms with van der Waals surface area (Å²) < 4.78 is 24.0. The van der Waals surface area contributed by atoms with Gasteiger partial charge in [-0.05, 0) is 42.2 Å². The van der Waals surface area contributed by atoms with Crippen molar-refractivity contribution in [3.8, 4) is 11.5 Å². The molecule has 2 amide bonds. The van der Waals surface area contributed by atoms with Gasteiger partial charge in [0.2, 0.25) is 0 Å². The summed E-state index contributed by atoms with van der Waals surface area (Å²) in [5.41, 5.74) is 5.63. The molecule has 0 saturated carbocycles. The Bertz CT molecular complexity index is 816. The van der Waals surface area contributed by atoms with E-state index in [9.17, 15) is 14.0 Å². The van der Waals surface area contributed by atoms with Crippen LogP contribution in [0.4, 0.5) is 4.39 Å². The number of rotatable bonds is 6. The van der Waals surface area contributed by atoms with Crippen molar-refractivity contribution in [1.82, 2.24) is 10.9 Å². The normalized spacial score (nSPS) is 12.0. The molecule has 7 heteroatoms. The molecular weight excluding hydrogens is 363 g/mol. The Hall–Kier alpha value is -3.09. The van der Waals surface area contributed by atoms with Crippen LogP contribution in [0.15, 0.2) is 48.5 Å². The number of hydrogen-bond acceptors (Lipinski definition) is 4. The van der Waals surface area contributed by atoms with E-state index in [0.29, 0.717) is 5.75 Å². The van der Waals surface area contributed by atoms with Gasteiger partial charge in [0.15, 0.2) is 24.3 Å². The molecule has 0 spiro atoms. The molecule has 0 bridgehead atoms. The Morgan fingerprint density at radius 2 is 1.68 bits per heavy atom. The van der Waals surface area contributed by atoms with Crippen LogP contribution in [-0.2, 0) is 15.0 Å². The Morgan fingerprint density at radius 3 is 2.29 bits per heavy atom. The molecule has 2 aromatic rings. The fourth-order valence-corrected chi connectivity index (χ4v) is 2.27. The number of carbonyl (C=O) groups is 2. The number of para-hydroxylation sites is 1. The van der Waals surface area contributed by atoms with Crippen molar-refractivity contribution in [2.45, 2.75) is 39.2 Å². The van der Waals surface area contributed by atoms with E-state index < -0.39 is 30.3 Å². The zero-order valence-corrected chi connectivity index (χ0v) is 16.4. The number of ether oxygens (including phenoxy) is 2. The number of amides is 2. The minimum absolute atomic E-state index is 0.0243. The lowest BCUT2D eigenvalue weighted by atomic mass is 9.87. The van der Waals surface area contributed by atoms with Crippen LogP contribution < -0.4 is 20.3 Å². The smallest absolute Gasteiger partial charge is 0.279 e. The first-order valence-electron chi connectivity index (χ1n) is 8.90. The van der Waals surface area contributed by atoms with Crippen LogP contribution in [0.3, 0.4) is 0 Å². The summed E-state index contributed by atoms with van der Waals surface area (Å²) in [6, 6.07) is 13.2. The maximum Gasteiger partial charge on any atom is 0.279 e. The van der Waals surface area contributed by atoms with Crippen LogP contribution in [0, 0.1) is 5.82 Å². The second-order valence-corrected chi connectivity index (χ2v) is 7.29. The highest BCUT2D eigenvalue weighted by Crippen LogP contribution is 2.24. The highest BCUT2D eigenvalue weighted by Gasteiger charge is 2.17. The van der Waals surface area contributed by atoms with Gasteiger partial charge in [-0.2, -0.15) is 0 Å². The summed E-state index contributed by atoms with van der Waals surface area (Å²) in [5, 5.41) is 0. The molecule has 0 aromatic heterocycles. The molecule has 0 unspecified atom stereocenters. The van der Waals surface area contributed by atoms with E-state index in [1.54, 1.807) is 25.1 Å².